The largest absolute Gasteiger partial charge is 0.493 e. The van der Waals surface area contributed by atoms with Gasteiger partial charge in [0.25, 0.3) is 0 Å². The van der Waals surface area contributed by atoms with Gasteiger partial charge in [0, 0.05) is 13.0 Å². The summed E-state index contributed by atoms with van der Waals surface area (Å²) in [6, 6.07) is 5.22. The molecule has 1 unspecified atom stereocenters. The summed E-state index contributed by atoms with van der Waals surface area (Å²) >= 11 is 0. The summed E-state index contributed by atoms with van der Waals surface area (Å²) in [5.74, 6) is 0.725. The van der Waals surface area contributed by atoms with E-state index in [9.17, 15) is 9.90 Å². The van der Waals surface area contributed by atoms with E-state index in [1.54, 1.807) is 31.4 Å². The van der Waals surface area contributed by atoms with E-state index >= 15 is 0 Å². The summed E-state index contributed by atoms with van der Waals surface area (Å²) in [5.41, 5.74) is 0.752. The van der Waals surface area contributed by atoms with E-state index in [1.807, 2.05) is 0 Å². The highest BCUT2D eigenvalue weighted by atomic mass is 16.5. The first-order valence-electron chi connectivity index (χ1n) is 5.85. The van der Waals surface area contributed by atoms with Crippen molar-refractivity contribution in [3.63, 3.8) is 0 Å². The first-order chi connectivity index (χ1) is 9.12. The van der Waals surface area contributed by atoms with E-state index in [-0.39, 0.29) is 13.0 Å². The summed E-state index contributed by atoms with van der Waals surface area (Å²) in [5, 5.41) is 18.0. The smallest absolute Gasteiger partial charge is 0.184 e. The molecule has 0 aliphatic carbocycles. The molecule has 1 atom stereocenters. The minimum Gasteiger partial charge on any atom is -0.493 e. The van der Waals surface area contributed by atoms with Gasteiger partial charge in [0.2, 0.25) is 0 Å². The van der Waals surface area contributed by atoms with Gasteiger partial charge in [-0.05, 0) is 23.8 Å². The van der Waals surface area contributed by atoms with Crippen molar-refractivity contribution in [1.82, 2.24) is 0 Å². The van der Waals surface area contributed by atoms with Crippen LogP contribution in [0.3, 0.4) is 0 Å². The molecule has 0 radical (unpaired) electrons. The van der Waals surface area contributed by atoms with Crippen molar-refractivity contribution in [2.75, 3.05) is 20.8 Å². The minimum absolute atomic E-state index is 0.0368. The molecule has 2 N–H and O–H groups in total. The van der Waals surface area contributed by atoms with Gasteiger partial charge in [0.05, 0.1) is 14.2 Å². The molecule has 5 heteroatoms. The van der Waals surface area contributed by atoms with Crippen molar-refractivity contribution in [2.45, 2.75) is 12.5 Å². The standard InChI is InChI=1S/C14H18O5/c1-18-13-6-4-10(9-14(13)19-2)3-5-11(16)12(17)7-8-15/h3-6,9,12,15,17H,7-8H2,1-2H3/b5-3+. The lowest BCUT2D eigenvalue weighted by Gasteiger charge is -2.07. The van der Waals surface area contributed by atoms with Gasteiger partial charge in [-0.15, -0.1) is 0 Å². The van der Waals surface area contributed by atoms with Crippen molar-refractivity contribution in [2.24, 2.45) is 0 Å². The second-order valence-electron chi connectivity index (χ2n) is 3.88. The predicted octanol–water partition coefficient (Wildman–Crippen LogP) is 1.03. The van der Waals surface area contributed by atoms with Crippen LogP contribution >= 0.6 is 0 Å². The fourth-order valence-corrected chi connectivity index (χ4v) is 1.51. The second kappa shape index (κ2) is 7.56. The highest BCUT2D eigenvalue weighted by molar-refractivity contribution is 5.96. The fraction of sp³-hybridized carbons (Fsp3) is 0.357. The third kappa shape index (κ3) is 4.39. The van der Waals surface area contributed by atoms with E-state index in [1.165, 1.54) is 13.2 Å². The number of benzene rings is 1. The Morgan fingerprint density at radius 3 is 2.58 bits per heavy atom. The molecule has 0 heterocycles. The number of aliphatic hydroxyl groups excluding tert-OH is 2. The van der Waals surface area contributed by atoms with Gasteiger partial charge >= 0.3 is 0 Å². The number of carbonyl (C=O) groups excluding carboxylic acids is 1. The van der Waals surface area contributed by atoms with Gasteiger partial charge in [0.15, 0.2) is 17.3 Å². The van der Waals surface area contributed by atoms with Gasteiger partial charge in [-0.25, -0.2) is 0 Å². The van der Waals surface area contributed by atoms with Crippen LogP contribution in [0.25, 0.3) is 6.08 Å². The first-order valence-corrected chi connectivity index (χ1v) is 5.85. The quantitative estimate of drug-likeness (QED) is 0.721. The summed E-state index contributed by atoms with van der Waals surface area (Å²) in [4.78, 5) is 11.5. The Balaban J connectivity index is 2.79. The first kappa shape index (κ1) is 15.2. The van der Waals surface area contributed by atoms with E-state index < -0.39 is 11.9 Å². The van der Waals surface area contributed by atoms with Crippen LogP contribution in [0.1, 0.15) is 12.0 Å². The van der Waals surface area contributed by atoms with Crippen molar-refractivity contribution in [3.8, 4) is 11.5 Å². The number of ketones is 1. The zero-order chi connectivity index (χ0) is 14.3. The summed E-state index contributed by atoms with van der Waals surface area (Å²) < 4.78 is 10.2. The van der Waals surface area contributed by atoms with Crippen LogP contribution in [0.5, 0.6) is 11.5 Å². The lowest BCUT2D eigenvalue weighted by molar-refractivity contribution is -0.122. The van der Waals surface area contributed by atoms with Crippen LogP contribution in [0.15, 0.2) is 24.3 Å². The summed E-state index contributed by atoms with van der Waals surface area (Å²) in [6.07, 6.45) is 1.73. The van der Waals surface area contributed by atoms with Crippen LogP contribution in [0, 0.1) is 0 Å². The molecule has 0 amide bonds. The van der Waals surface area contributed by atoms with Gasteiger partial charge < -0.3 is 19.7 Å². The third-order valence-electron chi connectivity index (χ3n) is 2.58. The fourth-order valence-electron chi connectivity index (χ4n) is 1.51. The Bertz CT molecular complexity index is 453. The Labute approximate surface area is 112 Å². The molecule has 0 fully saturated rings. The summed E-state index contributed by atoms with van der Waals surface area (Å²) in [7, 11) is 3.07. The van der Waals surface area contributed by atoms with E-state index in [2.05, 4.69) is 0 Å². The Hall–Kier alpha value is -1.85. The Morgan fingerprint density at radius 1 is 1.32 bits per heavy atom. The van der Waals surface area contributed by atoms with E-state index in [0.29, 0.717) is 11.5 Å². The van der Waals surface area contributed by atoms with Crippen LogP contribution in [0.2, 0.25) is 0 Å². The van der Waals surface area contributed by atoms with E-state index in [0.717, 1.165) is 5.56 Å². The molecule has 0 saturated heterocycles. The third-order valence-corrected chi connectivity index (χ3v) is 2.58. The normalized spacial score (nSPS) is 12.4. The molecule has 0 saturated carbocycles. The molecule has 0 spiro atoms. The maximum Gasteiger partial charge on any atom is 0.184 e. The molecule has 1 aromatic rings. The Kier molecular flexibility index (Phi) is 6.05. The monoisotopic (exact) mass is 266 g/mol. The maximum absolute atomic E-state index is 11.5. The van der Waals surface area contributed by atoms with Crippen molar-refractivity contribution in [1.29, 1.82) is 0 Å². The van der Waals surface area contributed by atoms with E-state index in [4.69, 9.17) is 14.6 Å². The predicted molar refractivity (Wildman–Crippen MR) is 71.3 cm³/mol. The van der Waals surface area contributed by atoms with Crippen LogP contribution in [0.4, 0.5) is 0 Å². The second-order valence-corrected chi connectivity index (χ2v) is 3.88. The van der Waals surface area contributed by atoms with Gasteiger partial charge in [-0.1, -0.05) is 12.1 Å². The van der Waals surface area contributed by atoms with Crippen molar-refractivity contribution >= 4 is 11.9 Å². The van der Waals surface area contributed by atoms with Crippen LogP contribution in [-0.4, -0.2) is 42.9 Å². The van der Waals surface area contributed by atoms with Gasteiger partial charge in [-0.3, -0.25) is 4.79 Å². The molecule has 0 aliphatic heterocycles. The molecule has 1 rings (SSSR count). The average molecular weight is 266 g/mol. The van der Waals surface area contributed by atoms with Crippen molar-refractivity contribution < 1.29 is 24.5 Å². The maximum atomic E-state index is 11.5. The highest BCUT2D eigenvalue weighted by Gasteiger charge is 2.10. The molecule has 1 aromatic carbocycles. The average Bonchev–Trinajstić information content (AvgIpc) is 2.44. The number of rotatable bonds is 7. The topological polar surface area (TPSA) is 76.0 Å². The number of methoxy groups -OCH3 is 2. The molecule has 19 heavy (non-hydrogen) atoms. The van der Waals surface area contributed by atoms with Gasteiger partial charge in [-0.2, -0.15) is 0 Å². The number of hydrogen-bond donors (Lipinski definition) is 2. The molecule has 5 nitrogen and oxygen atoms in total. The van der Waals surface area contributed by atoms with Crippen LogP contribution < -0.4 is 9.47 Å². The molecule has 0 aliphatic rings. The SMILES string of the molecule is COc1ccc(/C=C/C(=O)C(O)CCO)cc1OC. The molecular formula is C14H18O5. The van der Waals surface area contributed by atoms with Crippen LogP contribution in [-0.2, 0) is 4.79 Å². The molecule has 104 valence electrons. The molecule has 0 bridgehead atoms. The van der Waals surface area contributed by atoms with Gasteiger partial charge in [0.1, 0.15) is 6.10 Å². The number of aliphatic hydroxyl groups is 2. The lowest BCUT2D eigenvalue weighted by Crippen LogP contribution is -2.19. The number of hydrogen-bond acceptors (Lipinski definition) is 5. The Morgan fingerprint density at radius 2 is 2.00 bits per heavy atom. The zero-order valence-electron chi connectivity index (χ0n) is 11.0. The zero-order valence-corrected chi connectivity index (χ0v) is 11.0. The lowest BCUT2D eigenvalue weighted by atomic mass is 10.1. The molecular weight excluding hydrogens is 248 g/mol. The number of ether oxygens (including phenoxy) is 2. The molecule has 0 aromatic heterocycles. The summed E-state index contributed by atoms with van der Waals surface area (Å²) in [6.45, 7) is -0.225. The highest BCUT2D eigenvalue weighted by Crippen LogP contribution is 2.27. The number of carbonyl (C=O) groups is 1. The minimum atomic E-state index is -1.17. The van der Waals surface area contributed by atoms with Crippen molar-refractivity contribution in [3.05, 3.63) is 29.8 Å².